The van der Waals surface area contributed by atoms with Gasteiger partial charge in [-0.2, -0.15) is 0 Å². The van der Waals surface area contributed by atoms with Crippen LogP contribution in [0.3, 0.4) is 0 Å². The number of nitrogens with one attached hydrogen (secondary N) is 1. The van der Waals surface area contributed by atoms with Crippen LogP contribution in [-0.2, 0) is 11.2 Å². The molecule has 1 fully saturated rings. The van der Waals surface area contributed by atoms with E-state index in [2.05, 4.69) is 28.4 Å². The van der Waals surface area contributed by atoms with E-state index < -0.39 is 11.5 Å². The van der Waals surface area contributed by atoms with Crippen LogP contribution in [0.25, 0.3) is 0 Å². The highest BCUT2D eigenvalue weighted by Gasteiger charge is 2.40. The highest BCUT2D eigenvalue weighted by atomic mass is 16.4. The molecule has 4 nitrogen and oxygen atoms in total. The van der Waals surface area contributed by atoms with E-state index in [-0.39, 0.29) is 0 Å². The maximum atomic E-state index is 11.8. The van der Waals surface area contributed by atoms with Crippen LogP contribution in [0, 0.1) is 0 Å². The summed E-state index contributed by atoms with van der Waals surface area (Å²) in [5, 5.41) is 13.0. The van der Waals surface area contributed by atoms with Gasteiger partial charge in [0.15, 0.2) is 0 Å². The molecule has 0 saturated heterocycles. The Morgan fingerprint density at radius 2 is 2.14 bits per heavy atom. The zero-order valence-corrected chi connectivity index (χ0v) is 12.6. The first-order chi connectivity index (χ1) is 10.1. The Bertz CT molecular complexity index is 527. The molecule has 0 spiro atoms. The van der Waals surface area contributed by atoms with E-state index in [1.807, 2.05) is 13.0 Å². The van der Waals surface area contributed by atoms with Crippen LogP contribution in [-0.4, -0.2) is 35.7 Å². The van der Waals surface area contributed by atoms with E-state index in [1.165, 1.54) is 17.7 Å². The van der Waals surface area contributed by atoms with Gasteiger partial charge in [0.05, 0.1) is 0 Å². The summed E-state index contributed by atoms with van der Waals surface area (Å²) >= 11 is 0. The van der Waals surface area contributed by atoms with E-state index in [0.29, 0.717) is 12.6 Å². The van der Waals surface area contributed by atoms with E-state index >= 15 is 0 Å². The molecule has 1 aromatic rings. The van der Waals surface area contributed by atoms with Gasteiger partial charge in [0.1, 0.15) is 5.54 Å². The molecule has 0 bridgehead atoms. The second-order valence-corrected chi connectivity index (χ2v) is 6.56. The number of carboxylic acids is 1. The van der Waals surface area contributed by atoms with Crippen molar-refractivity contribution in [1.82, 2.24) is 5.32 Å². The SMILES string of the molecule is CC(CN1CCCCc2ccccc21)(NC1CC1)C(=O)O. The van der Waals surface area contributed by atoms with Gasteiger partial charge < -0.3 is 10.0 Å². The first kappa shape index (κ1) is 14.4. The quantitative estimate of drug-likeness (QED) is 0.873. The van der Waals surface area contributed by atoms with Crippen molar-refractivity contribution in [3.05, 3.63) is 29.8 Å². The molecule has 1 aromatic carbocycles. The predicted molar refractivity (Wildman–Crippen MR) is 83.8 cm³/mol. The number of hydrogen-bond donors (Lipinski definition) is 2. The lowest BCUT2D eigenvalue weighted by molar-refractivity contribution is -0.143. The van der Waals surface area contributed by atoms with Gasteiger partial charge in [-0.1, -0.05) is 18.2 Å². The predicted octanol–water partition coefficient (Wildman–Crippen LogP) is 2.42. The van der Waals surface area contributed by atoms with E-state index in [0.717, 1.165) is 32.2 Å². The van der Waals surface area contributed by atoms with Gasteiger partial charge in [-0.15, -0.1) is 0 Å². The highest BCUT2D eigenvalue weighted by molar-refractivity contribution is 5.79. The van der Waals surface area contributed by atoms with Crippen molar-refractivity contribution < 1.29 is 9.90 Å². The number of hydrogen-bond acceptors (Lipinski definition) is 3. The lowest BCUT2D eigenvalue weighted by Gasteiger charge is -2.35. The fourth-order valence-corrected chi connectivity index (χ4v) is 3.17. The van der Waals surface area contributed by atoms with Crippen molar-refractivity contribution in [3.63, 3.8) is 0 Å². The molecule has 21 heavy (non-hydrogen) atoms. The first-order valence-electron chi connectivity index (χ1n) is 7.92. The van der Waals surface area contributed by atoms with Gasteiger partial charge >= 0.3 is 5.97 Å². The number of para-hydroxylation sites is 1. The van der Waals surface area contributed by atoms with Crippen LogP contribution in [0.4, 0.5) is 5.69 Å². The molecule has 1 aliphatic carbocycles. The van der Waals surface area contributed by atoms with Crippen molar-refractivity contribution in [2.45, 2.75) is 50.6 Å². The third kappa shape index (κ3) is 3.21. The number of rotatable bonds is 5. The molecule has 4 heteroatoms. The Balaban J connectivity index is 1.83. The summed E-state index contributed by atoms with van der Waals surface area (Å²) in [5.41, 5.74) is 1.67. The van der Waals surface area contributed by atoms with Crippen molar-refractivity contribution in [2.24, 2.45) is 0 Å². The van der Waals surface area contributed by atoms with Crippen LogP contribution in [0.5, 0.6) is 0 Å². The van der Waals surface area contributed by atoms with E-state index in [1.54, 1.807) is 0 Å². The fourth-order valence-electron chi connectivity index (χ4n) is 3.17. The first-order valence-corrected chi connectivity index (χ1v) is 7.92. The van der Waals surface area contributed by atoms with Gasteiger partial charge in [-0.05, 0) is 50.7 Å². The topological polar surface area (TPSA) is 52.6 Å². The summed E-state index contributed by atoms with van der Waals surface area (Å²) in [6.45, 7) is 3.28. The number of anilines is 1. The number of nitrogens with zero attached hydrogens (tertiary/aromatic N) is 1. The zero-order chi connectivity index (χ0) is 14.9. The fraction of sp³-hybridized carbons (Fsp3) is 0.588. The van der Waals surface area contributed by atoms with Gasteiger partial charge in [-0.25, -0.2) is 0 Å². The molecule has 2 aliphatic rings. The second-order valence-electron chi connectivity index (χ2n) is 6.56. The molecule has 3 rings (SSSR count). The second kappa shape index (κ2) is 5.68. The van der Waals surface area contributed by atoms with Gasteiger partial charge in [0.2, 0.25) is 0 Å². The monoisotopic (exact) mass is 288 g/mol. The summed E-state index contributed by atoms with van der Waals surface area (Å²) in [5.74, 6) is -0.754. The maximum absolute atomic E-state index is 11.8. The molecule has 2 N–H and O–H groups in total. The average Bonchev–Trinajstić information content (AvgIpc) is 3.27. The van der Waals surface area contributed by atoms with Crippen molar-refractivity contribution >= 4 is 11.7 Å². The number of fused-ring (bicyclic) bond motifs is 1. The summed E-state index contributed by atoms with van der Waals surface area (Å²) < 4.78 is 0. The normalized spacial score (nSPS) is 21.3. The lowest BCUT2D eigenvalue weighted by atomic mass is 10.0. The summed E-state index contributed by atoms with van der Waals surface area (Å²) in [6, 6.07) is 8.79. The molecule has 0 aromatic heterocycles. The van der Waals surface area contributed by atoms with Gasteiger partial charge in [-0.3, -0.25) is 10.1 Å². The van der Waals surface area contributed by atoms with Crippen LogP contribution in [0.15, 0.2) is 24.3 Å². The van der Waals surface area contributed by atoms with Crippen molar-refractivity contribution in [1.29, 1.82) is 0 Å². The number of aryl methyl sites for hydroxylation is 1. The standard InChI is InChI=1S/C17H24N2O2/c1-17(16(20)21,18-14-9-10-14)12-19-11-5-4-7-13-6-2-3-8-15(13)19/h2-3,6,8,14,18H,4-5,7,9-12H2,1H3,(H,20,21). The Morgan fingerprint density at radius 3 is 2.86 bits per heavy atom. The molecule has 1 aliphatic heterocycles. The molecule has 1 heterocycles. The zero-order valence-electron chi connectivity index (χ0n) is 12.6. The van der Waals surface area contributed by atoms with Crippen LogP contribution in [0.1, 0.15) is 38.2 Å². The third-order valence-electron chi connectivity index (χ3n) is 4.54. The van der Waals surface area contributed by atoms with Crippen molar-refractivity contribution in [3.8, 4) is 0 Å². The summed E-state index contributed by atoms with van der Waals surface area (Å²) in [4.78, 5) is 14.0. The Kier molecular flexibility index (Phi) is 3.89. The van der Waals surface area contributed by atoms with Crippen molar-refractivity contribution in [2.75, 3.05) is 18.0 Å². The van der Waals surface area contributed by atoms with Crippen LogP contribution in [0.2, 0.25) is 0 Å². The number of carbonyl (C=O) groups is 1. The number of aliphatic carboxylic acids is 1. The van der Waals surface area contributed by atoms with Gasteiger partial charge in [0, 0.05) is 24.8 Å². The van der Waals surface area contributed by atoms with Crippen LogP contribution < -0.4 is 10.2 Å². The smallest absolute Gasteiger partial charge is 0.325 e. The molecule has 0 radical (unpaired) electrons. The Hall–Kier alpha value is -1.55. The molecular weight excluding hydrogens is 264 g/mol. The van der Waals surface area contributed by atoms with Gasteiger partial charge in [0.25, 0.3) is 0 Å². The number of benzene rings is 1. The molecule has 1 atom stereocenters. The summed E-state index contributed by atoms with van der Waals surface area (Å²) in [6.07, 6.45) is 5.58. The molecule has 114 valence electrons. The lowest BCUT2D eigenvalue weighted by Crippen LogP contribution is -2.58. The minimum atomic E-state index is -0.876. The average molecular weight is 288 g/mol. The molecule has 1 saturated carbocycles. The minimum Gasteiger partial charge on any atom is -0.480 e. The van der Waals surface area contributed by atoms with E-state index in [4.69, 9.17) is 0 Å². The third-order valence-corrected chi connectivity index (χ3v) is 4.54. The molecule has 1 unspecified atom stereocenters. The molecular formula is C17H24N2O2. The highest BCUT2D eigenvalue weighted by Crippen LogP contribution is 2.29. The molecule has 0 amide bonds. The minimum absolute atomic E-state index is 0.383. The maximum Gasteiger partial charge on any atom is 0.325 e. The largest absolute Gasteiger partial charge is 0.480 e. The summed E-state index contributed by atoms with van der Waals surface area (Å²) in [7, 11) is 0. The van der Waals surface area contributed by atoms with Crippen LogP contribution >= 0.6 is 0 Å². The Morgan fingerprint density at radius 1 is 1.38 bits per heavy atom. The number of carboxylic acid groups (broad SMARTS) is 1. The Labute approximate surface area is 126 Å². The van der Waals surface area contributed by atoms with E-state index in [9.17, 15) is 9.90 Å².